The van der Waals surface area contributed by atoms with Gasteiger partial charge < -0.3 is 0 Å². The summed E-state index contributed by atoms with van der Waals surface area (Å²) in [5.74, 6) is 0. The van der Waals surface area contributed by atoms with Gasteiger partial charge >= 0.3 is 0 Å². The average molecular weight is 302 g/mol. The van der Waals surface area contributed by atoms with Crippen molar-refractivity contribution in [1.82, 2.24) is 0 Å². The third kappa shape index (κ3) is 4.30. The first-order valence-electron chi connectivity index (χ1n) is 7.11. The molecule has 0 bridgehead atoms. The van der Waals surface area contributed by atoms with Gasteiger partial charge in [-0.05, 0) is 23.8 Å². The normalized spacial score (nSPS) is 9.50. The van der Waals surface area contributed by atoms with Crippen LogP contribution in [-0.2, 0) is 0 Å². The van der Waals surface area contributed by atoms with E-state index in [2.05, 4.69) is 110 Å². The average Bonchev–Trinajstić information content (AvgIpc) is 2.59. The molecular formula is C21H19P. The van der Waals surface area contributed by atoms with Crippen molar-refractivity contribution < 1.29 is 0 Å². The Kier molecular flexibility index (Phi) is 6.39. The van der Waals surface area contributed by atoms with Gasteiger partial charge in [0.05, 0.1) is 0 Å². The Bertz CT molecular complexity index is 603. The fraction of sp³-hybridized carbons (Fsp3) is 0. The molecule has 0 saturated carbocycles. The molecule has 0 aromatic heterocycles. The topological polar surface area (TPSA) is 0 Å². The van der Waals surface area contributed by atoms with Crippen molar-refractivity contribution in [2.75, 3.05) is 0 Å². The lowest BCUT2D eigenvalue weighted by molar-refractivity contribution is 1.74. The predicted molar refractivity (Wildman–Crippen MR) is 99.9 cm³/mol. The molecule has 0 aliphatic rings. The molecule has 0 unspecified atom stereocenters. The van der Waals surface area contributed by atoms with E-state index in [1.165, 1.54) is 15.9 Å². The first-order valence-corrected chi connectivity index (χ1v) is 8.45. The standard InChI is InChI=1S/C18H15P.C3H4/c1-4-10-16(11-5-1)19(17-12-6-2-7-13-17)18-14-8-3-9-15-18;1-3-2/h1-15H;1-2H2. The zero-order valence-electron chi connectivity index (χ0n) is 12.5. The third-order valence-electron chi connectivity index (χ3n) is 3.04. The second-order valence-electron chi connectivity index (χ2n) is 4.59. The predicted octanol–water partition coefficient (Wildman–Crippen LogP) is 4.40. The molecule has 0 radical (unpaired) electrons. The summed E-state index contributed by atoms with van der Waals surface area (Å²) in [6, 6.07) is 32.3. The smallest absolute Gasteiger partial charge is 0.0134 e. The molecule has 0 atom stereocenters. The van der Waals surface area contributed by atoms with E-state index in [0.717, 1.165) is 0 Å². The third-order valence-corrected chi connectivity index (χ3v) is 5.49. The molecule has 0 heterocycles. The maximum atomic E-state index is 3.12. The van der Waals surface area contributed by atoms with E-state index >= 15 is 0 Å². The van der Waals surface area contributed by atoms with Gasteiger partial charge in [0.25, 0.3) is 0 Å². The van der Waals surface area contributed by atoms with Gasteiger partial charge in [0.2, 0.25) is 0 Å². The van der Waals surface area contributed by atoms with E-state index in [1.54, 1.807) is 0 Å². The molecule has 0 aliphatic carbocycles. The fourth-order valence-electron chi connectivity index (χ4n) is 2.18. The van der Waals surface area contributed by atoms with E-state index in [1.807, 2.05) is 0 Å². The Morgan fingerprint density at radius 3 is 0.955 bits per heavy atom. The van der Waals surface area contributed by atoms with E-state index in [0.29, 0.717) is 0 Å². The van der Waals surface area contributed by atoms with Crippen molar-refractivity contribution in [3.05, 3.63) is 110 Å². The van der Waals surface area contributed by atoms with Crippen molar-refractivity contribution in [3.63, 3.8) is 0 Å². The molecule has 0 N–H and O–H groups in total. The molecule has 108 valence electrons. The van der Waals surface area contributed by atoms with Crippen LogP contribution in [0.3, 0.4) is 0 Å². The Balaban J connectivity index is 0.000000545. The molecular weight excluding hydrogens is 283 g/mol. The summed E-state index contributed by atoms with van der Waals surface area (Å²) < 4.78 is 0. The Morgan fingerprint density at radius 1 is 0.500 bits per heavy atom. The highest BCUT2D eigenvalue weighted by Gasteiger charge is 2.14. The van der Waals surface area contributed by atoms with Crippen LogP contribution in [0.5, 0.6) is 0 Å². The molecule has 0 nitrogen and oxygen atoms in total. The van der Waals surface area contributed by atoms with Gasteiger partial charge in [-0.2, -0.15) is 0 Å². The van der Waals surface area contributed by atoms with Crippen LogP contribution in [0.1, 0.15) is 0 Å². The fourth-order valence-corrected chi connectivity index (χ4v) is 4.48. The van der Waals surface area contributed by atoms with Crippen molar-refractivity contribution in [1.29, 1.82) is 0 Å². The van der Waals surface area contributed by atoms with Gasteiger partial charge in [0, 0.05) is 0 Å². The second-order valence-corrected chi connectivity index (χ2v) is 6.81. The summed E-state index contributed by atoms with van der Waals surface area (Å²) in [5, 5.41) is 4.19. The summed E-state index contributed by atoms with van der Waals surface area (Å²) in [5.41, 5.74) is 2.25. The Labute approximate surface area is 134 Å². The van der Waals surface area contributed by atoms with E-state index < -0.39 is 7.92 Å². The lowest BCUT2D eigenvalue weighted by atomic mass is 10.4. The highest BCUT2D eigenvalue weighted by molar-refractivity contribution is 7.79. The lowest BCUT2D eigenvalue weighted by Gasteiger charge is -2.18. The molecule has 0 saturated heterocycles. The summed E-state index contributed by atoms with van der Waals surface area (Å²) in [4.78, 5) is 0. The van der Waals surface area contributed by atoms with E-state index in [9.17, 15) is 0 Å². The minimum Gasteiger partial charge on any atom is -0.137 e. The molecule has 3 aromatic carbocycles. The van der Waals surface area contributed by atoms with Crippen molar-refractivity contribution in [2.24, 2.45) is 0 Å². The van der Waals surface area contributed by atoms with Crippen molar-refractivity contribution in [2.45, 2.75) is 0 Å². The Morgan fingerprint density at radius 2 is 0.727 bits per heavy atom. The summed E-state index contributed by atoms with van der Waals surface area (Å²) in [6.45, 7) is 6.25. The molecule has 0 spiro atoms. The van der Waals surface area contributed by atoms with Gasteiger partial charge in [-0.1, -0.05) is 104 Å². The van der Waals surface area contributed by atoms with Crippen LogP contribution in [0, 0.1) is 0 Å². The van der Waals surface area contributed by atoms with Crippen LogP contribution in [-0.4, -0.2) is 0 Å². The molecule has 1 heteroatoms. The Hall–Kier alpha value is -2.39. The number of rotatable bonds is 3. The second kappa shape index (κ2) is 8.80. The molecule has 22 heavy (non-hydrogen) atoms. The molecule has 0 aliphatic heterocycles. The number of benzene rings is 3. The van der Waals surface area contributed by atoms with Crippen LogP contribution >= 0.6 is 7.92 Å². The number of hydrogen-bond donors (Lipinski definition) is 0. The van der Waals surface area contributed by atoms with Crippen molar-refractivity contribution in [3.8, 4) is 0 Å². The first kappa shape index (κ1) is 16.0. The summed E-state index contributed by atoms with van der Waals surface area (Å²) in [7, 11) is -0.446. The van der Waals surface area contributed by atoms with E-state index in [-0.39, 0.29) is 0 Å². The molecule has 0 amide bonds. The van der Waals surface area contributed by atoms with E-state index in [4.69, 9.17) is 0 Å². The van der Waals surface area contributed by atoms with Gasteiger partial charge in [-0.25, -0.2) is 0 Å². The first-order chi connectivity index (χ1) is 10.9. The zero-order chi connectivity index (χ0) is 15.6. The SMILES string of the molecule is C=C=C.c1ccc(P(c2ccccc2)c2ccccc2)cc1. The molecule has 3 aromatic rings. The van der Waals surface area contributed by atoms with Crippen molar-refractivity contribution >= 4 is 23.8 Å². The highest BCUT2D eigenvalue weighted by Crippen LogP contribution is 2.32. The minimum atomic E-state index is -0.446. The van der Waals surface area contributed by atoms with Gasteiger partial charge in [0.15, 0.2) is 0 Å². The summed E-state index contributed by atoms with van der Waals surface area (Å²) >= 11 is 0. The number of hydrogen-bond acceptors (Lipinski definition) is 0. The largest absolute Gasteiger partial charge is 0.137 e. The van der Waals surface area contributed by atoms with Crippen LogP contribution in [0.2, 0.25) is 0 Å². The van der Waals surface area contributed by atoms with Crippen LogP contribution < -0.4 is 15.9 Å². The maximum absolute atomic E-state index is 3.12. The van der Waals surface area contributed by atoms with Gasteiger partial charge in [-0.3, -0.25) is 0 Å². The summed E-state index contributed by atoms with van der Waals surface area (Å²) in [6.07, 6.45) is 0. The molecule has 0 fully saturated rings. The maximum Gasteiger partial charge on any atom is -0.0134 e. The van der Waals surface area contributed by atoms with Crippen LogP contribution in [0.25, 0.3) is 0 Å². The van der Waals surface area contributed by atoms with Gasteiger partial charge in [0.1, 0.15) is 0 Å². The monoisotopic (exact) mass is 302 g/mol. The van der Waals surface area contributed by atoms with Crippen LogP contribution in [0.15, 0.2) is 110 Å². The highest BCUT2D eigenvalue weighted by atomic mass is 31.1. The quantitative estimate of drug-likeness (QED) is 0.497. The zero-order valence-corrected chi connectivity index (χ0v) is 13.4. The lowest BCUT2D eigenvalue weighted by Crippen LogP contribution is -2.20. The van der Waals surface area contributed by atoms with Crippen LogP contribution in [0.4, 0.5) is 0 Å². The minimum absolute atomic E-state index is 0.446. The van der Waals surface area contributed by atoms with Gasteiger partial charge in [-0.15, -0.1) is 5.73 Å². The molecule has 3 rings (SSSR count).